The maximum absolute atomic E-state index is 11.8. The van der Waals surface area contributed by atoms with Crippen LogP contribution in [0.5, 0.6) is 0 Å². The van der Waals surface area contributed by atoms with Crippen LogP contribution in [-0.2, 0) is 11.2 Å². The van der Waals surface area contributed by atoms with Crippen molar-refractivity contribution >= 4 is 17.5 Å². The molecule has 9 heteroatoms. The summed E-state index contributed by atoms with van der Waals surface area (Å²) in [4.78, 5) is 38.9. The summed E-state index contributed by atoms with van der Waals surface area (Å²) in [5, 5.41) is 19.4. The lowest BCUT2D eigenvalue weighted by molar-refractivity contribution is -0.384. The minimum absolute atomic E-state index is 0.0374. The van der Waals surface area contributed by atoms with E-state index < -0.39 is 22.9 Å². The first kappa shape index (κ1) is 14.2. The number of carbonyl (C=O) groups is 1. The van der Waals surface area contributed by atoms with Crippen molar-refractivity contribution in [1.82, 2.24) is 9.97 Å². The Morgan fingerprint density at radius 3 is 2.76 bits per heavy atom. The lowest BCUT2D eigenvalue weighted by atomic mass is 10.1. The second-order valence-corrected chi connectivity index (χ2v) is 4.16. The normalized spacial score (nSPS) is 10.3. The van der Waals surface area contributed by atoms with Gasteiger partial charge in [0, 0.05) is 17.7 Å². The van der Waals surface area contributed by atoms with E-state index in [0.717, 1.165) is 0 Å². The van der Waals surface area contributed by atoms with E-state index in [1.807, 2.05) is 0 Å². The van der Waals surface area contributed by atoms with Gasteiger partial charge >= 0.3 is 5.97 Å². The standard InChI is InChI=1S/C12H10N4O5/c13-10-8(5-9(17)18)12(19)15-11(14-10)6-2-1-3-7(4-6)16(20)21/h1-4H,5H2,(H,17,18)(H3,13,14,15,19). The summed E-state index contributed by atoms with van der Waals surface area (Å²) in [6.07, 6.45) is -0.552. The van der Waals surface area contributed by atoms with Crippen LogP contribution in [0, 0.1) is 10.1 Å². The van der Waals surface area contributed by atoms with Gasteiger partial charge in [-0.1, -0.05) is 12.1 Å². The molecular weight excluding hydrogens is 280 g/mol. The molecule has 0 atom stereocenters. The van der Waals surface area contributed by atoms with Crippen LogP contribution in [0.15, 0.2) is 29.1 Å². The van der Waals surface area contributed by atoms with Crippen molar-refractivity contribution in [3.05, 3.63) is 50.3 Å². The summed E-state index contributed by atoms with van der Waals surface area (Å²) < 4.78 is 0. The first-order chi connectivity index (χ1) is 9.88. The molecule has 0 fully saturated rings. The topological polar surface area (TPSA) is 152 Å². The van der Waals surface area contributed by atoms with Crippen LogP contribution in [0.3, 0.4) is 0 Å². The monoisotopic (exact) mass is 290 g/mol. The molecule has 0 aliphatic rings. The third-order valence-electron chi connectivity index (χ3n) is 2.71. The number of carboxylic acid groups (broad SMARTS) is 1. The van der Waals surface area contributed by atoms with Crippen LogP contribution in [0.1, 0.15) is 5.56 Å². The number of carboxylic acids is 1. The third kappa shape index (κ3) is 3.03. The average molecular weight is 290 g/mol. The Labute approximate surface area is 117 Å². The van der Waals surface area contributed by atoms with Gasteiger partial charge in [-0.05, 0) is 0 Å². The first-order valence-electron chi connectivity index (χ1n) is 5.73. The fourth-order valence-corrected chi connectivity index (χ4v) is 1.74. The number of nitrogen functional groups attached to an aromatic ring is 1. The molecule has 1 aromatic heterocycles. The van der Waals surface area contributed by atoms with E-state index in [0.29, 0.717) is 5.56 Å². The van der Waals surface area contributed by atoms with Gasteiger partial charge in [0.05, 0.1) is 16.9 Å². The maximum Gasteiger partial charge on any atom is 0.308 e. The van der Waals surface area contributed by atoms with Gasteiger partial charge in [0.25, 0.3) is 11.2 Å². The number of aliphatic carboxylic acids is 1. The van der Waals surface area contributed by atoms with Gasteiger partial charge in [-0.15, -0.1) is 0 Å². The van der Waals surface area contributed by atoms with Crippen molar-refractivity contribution in [2.45, 2.75) is 6.42 Å². The summed E-state index contributed by atoms with van der Waals surface area (Å²) in [6, 6.07) is 5.48. The molecule has 4 N–H and O–H groups in total. The fourth-order valence-electron chi connectivity index (χ4n) is 1.74. The van der Waals surface area contributed by atoms with E-state index in [-0.39, 0.29) is 22.9 Å². The minimum atomic E-state index is -1.21. The highest BCUT2D eigenvalue weighted by Crippen LogP contribution is 2.21. The quantitative estimate of drug-likeness (QED) is 0.549. The highest BCUT2D eigenvalue weighted by Gasteiger charge is 2.14. The van der Waals surface area contributed by atoms with Crippen LogP contribution in [0.4, 0.5) is 11.5 Å². The molecule has 9 nitrogen and oxygen atoms in total. The predicted octanol–water partition coefficient (Wildman–Crippen LogP) is 0.554. The molecule has 1 heterocycles. The number of hydrogen-bond donors (Lipinski definition) is 3. The molecule has 2 rings (SSSR count). The number of anilines is 1. The summed E-state index contributed by atoms with van der Waals surface area (Å²) in [5.41, 5.74) is 4.87. The van der Waals surface area contributed by atoms with Crippen molar-refractivity contribution in [1.29, 1.82) is 0 Å². The Morgan fingerprint density at radius 2 is 2.19 bits per heavy atom. The van der Waals surface area contributed by atoms with Gasteiger partial charge in [-0.25, -0.2) is 4.98 Å². The first-order valence-corrected chi connectivity index (χ1v) is 5.73. The van der Waals surface area contributed by atoms with E-state index >= 15 is 0 Å². The van der Waals surface area contributed by atoms with Crippen LogP contribution in [0.2, 0.25) is 0 Å². The summed E-state index contributed by atoms with van der Waals surface area (Å²) >= 11 is 0. The Hall–Kier alpha value is -3.23. The molecule has 0 bridgehead atoms. The number of nitrogens with zero attached hydrogens (tertiary/aromatic N) is 2. The van der Waals surface area contributed by atoms with E-state index in [2.05, 4.69) is 9.97 Å². The van der Waals surface area contributed by atoms with E-state index in [9.17, 15) is 19.7 Å². The van der Waals surface area contributed by atoms with E-state index in [1.165, 1.54) is 24.3 Å². The molecule has 0 aliphatic carbocycles. The van der Waals surface area contributed by atoms with Gasteiger partial charge in [0.15, 0.2) is 0 Å². The van der Waals surface area contributed by atoms with Gasteiger partial charge in [-0.2, -0.15) is 0 Å². The minimum Gasteiger partial charge on any atom is -0.481 e. The smallest absolute Gasteiger partial charge is 0.308 e. The highest BCUT2D eigenvalue weighted by molar-refractivity contribution is 5.72. The number of nitrogens with two attached hydrogens (primary N) is 1. The van der Waals surface area contributed by atoms with Crippen molar-refractivity contribution in [3.8, 4) is 11.4 Å². The summed E-state index contributed by atoms with van der Waals surface area (Å²) in [7, 11) is 0. The molecule has 0 spiro atoms. The fraction of sp³-hybridized carbons (Fsp3) is 0.0833. The molecule has 0 amide bonds. The van der Waals surface area contributed by atoms with Gasteiger partial charge < -0.3 is 15.8 Å². The van der Waals surface area contributed by atoms with Crippen molar-refractivity contribution in [2.24, 2.45) is 0 Å². The third-order valence-corrected chi connectivity index (χ3v) is 2.71. The lowest BCUT2D eigenvalue weighted by Crippen LogP contribution is -2.21. The van der Waals surface area contributed by atoms with Crippen molar-refractivity contribution in [3.63, 3.8) is 0 Å². The van der Waals surface area contributed by atoms with Gasteiger partial charge in [0.2, 0.25) is 0 Å². The Bertz CT molecular complexity index is 783. The number of H-pyrrole nitrogens is 1. The van der Waals surface area contributed by atoms with E-state index in [4.69, 9.17) is 10.8 Å². The van der Waals surface area contributed by atoms with Crippen molar-refractivity contribution < 1.29 is 14.8 Å². The maximum atomic E-state index is 11.8. The second kappa shape index (κ2) is 5.41. The molecule has 1 aromatic carbocycles. The second-order valence-electron chi connectivity index (χ2n) is 4.16. The zero-order chi connectivity index (χ0) is 15.6. The number of non-ortho nitro benzene ring substituents is 1. The summed E-state index contributed by atoms with van der Waals surface area (Å²) in [6.45, 7) is 0. The number of benzene rings is 1. The van der Waals surface area contributed by atoms with Crippen LogP contribution in [-0.4, -0.2) is 26.0 Å². The molecule has 21 heavy (non-hydrogen) atoms. The Balaban J connectivity index is 2.51. The molecule has 0 unspecified atom stereocenters. The number of nitrogens with one attached hydrogen (secondary N) is 1. The SMILES string of the molecule is Nc1nc(-c2cccc([N+](=O)[O-])c2)[nH]c(=O)c1CC(=O)O. The molecule has 108 valence electrons. The molecule has 0 saturated heterocycles. The average Bonchev–Trinajstić information content (AvgIpc) is 2.42. The molecular formula is C12H10N4O5. The Morgan fingerprint density at radius 1 is 1.48 bits per heavy atom. The molecule has 0 saturated carbocycles. The van der Waals surface area contributed by atoms with Crippen LogP contribution < -0.4 is 11.3 Å². The Kier molecular flexibility index (Phi) is 3.65. The molecule has 0 radical (unpaired) electrons. The molecule has 2 aromatic rings. The van der Waals surface area contributed by atoms with Crippen LogP contribution in [0.25, 0.3) is 11.4 Å². The zero-order valence-electron chi connectivity index (χ0n) is 10.6. The van der Waals surface area contributed by atoms with Crippen LogP contribution >= 0.6 is 0 Å². The predicted molar refractivity (Wildman–Crippen MR) is 72.7 cm³/mol. The number of aromatic nitrogens is 2. The lowest BCUT2D eigenvalue weighted by Gasteiger charge is -2.05. The number of rotatable bonds is 4. The summed E-state index contributed by atoms with van der Waals surface area (Å²) in [5.74, 6) is -1.39. The molecule has 0 aliphatic heterocycles. The number of nitro benzene ring substituents is 1. The van der Waals surface area contributed by atoms with Gasteiger partial charge in [0.1, 0.15) is 11.6 Å². The highest BCUT2D eigenvalue weighted by atomic mass is 16.6. The van der Waals surface area contributed by atoms with Crippen molar-refractivity contribution in [2.75, 3.05) is 5.73 Å². The zero-order valence-corrected chi connectivity index (χ0v) is 10.6. The number of aromatic amines is 1. The number of hydrogen-bond acceptors (Lipinski definition) is 6. The van der Waals surface area contributed by atoms with E-state index in [1.54, 1.807) is 0 Å². The largest absolute Gasteiger partial charge is 0.481 e. The number of nitro groups is 1. The van der Waals surface area contributed by atoms with Gasteiger partial charge in [-0.3, -0.25) is 19.7 Å².